The second kappa shape index (κ2) is 10.2. The number of benzene rings is 2. The smallest absolute Gasteiger partial charge is 0.261 e. The van der Waals surface area contributed by atoms with Gasteiger partial charge in [-0.05, 0) is 42.2 Å². The van der Waals surface area contributed by atoms with Crippen molar-refractivity contribution >= 4 is 60.9 Å². The number of hydrogen-bond acceptors (Lipinski definition) is 6. The molecule has 0 aliphatic carbocycles. The van der Waals surface area contributed by atoms with Crippen LogP contribution in [0, 0.1) is 0 Å². The van der Waals surface area contributed by atoms with E-state index in [-0.39, 0.29) is 18.3 Å². The summed E-state index contributed by atoms with van der Waals surface area (Å²) in [5.74, 6) is 1.17. The predicted molar refractivity (Wildman–Crippen MR) is 124 cm³/mol. The molecule has 3 aromatic rings. The number of thiazole rings is 1. The van der Waals surface area contributed by atoms with Gasteiger partial charge in [-0.3, -0.25) is 9.69 Å². The Morgan fingerprint density at radius 1 is 1.10 bits per heavy atom. The van der Waals surface area contributed by atoms with Crippen molar-refractivity contribution in [3.05, 3.63) is 46.4 Å². The summed E-state index contributed by atoms with van der Waals surface area (Å²) >= 11 is 4.94. The number of methoxy groups -OCH3 is 2. The lowest BCUT2D eigenvalue weighted by molar-refractivity contribution is 0.0984. The maximum atomic E-state index is 13.3. The van der Waals surface area contributed by atoms with Crippen LogP contribution in [0.2, 0.25) is 0 Å². The minimum atomic E-state index is -0.0905. The van der Waals surface area contributed by atoms with Crippen molar-refractivity contribution in [1.29, 1.82) is 0 Å². The van der Waals surface area contributed by atoms with Crippen LogP contribution >= 0.6 is 39.7 Å². The quantitative estimate of drug-likeness (QED) is 0.470. The van der Waals surface area contributed by atoms with Gasteiger partial charge in [0, 0.05) is 29.7 Å². The molecule has 0 atom stereocenters. The molecule has 0 N–H and O–H groups in total. The second-order valence-corrected chi connectivity index (χ2v) is 8.27. The lowest BCUT2D eigenvalue weighted by Crippen LogP contribution is -2.36. The summed E-state index contributed by atoms with van der Waals surface area (Å²) in [6.07, 6.45) is 0. The molecule has 9 heteroatoms. The van der Waals surface area contributed by atoms with E-state index in [4.69, 9.17) is 14.5 Å². The molecule has 0 aliphatic rings. The lowest BCUT2D eigenvalue weighted by atomic mass is 10.2. The summed E-state index contributed by atoms with van der Waals surface area (Å²) in [6.45, 7) is 1.25. The van der Waals surface area contributed by atoms with Crippen molar-refractivity contribution in [2.75, 3.05) is 46.3 Å². The van der Waals surface area contributed by atoms with Gasteiger partial charge in [0.25, 0.3) is 5.91 Å². The highest BCUT2D eigenvalue weighted by Gasteiger charge is 2.23. The number of likely N-dealkylation sites (N-methyl/N-ethyl adjacent to an activating group) is 1. The number of ether oxygens (including phenoxy) is 2. The van der Waals surface area contributed by atoms with Crippen LogP contribution in [0.1, 0.15) is 10.4 Å². The average molecular weight is 501 g/mol. The third kappa shape index (κ3) is 5.19. The maximum absolute atomic E-state index is 13.3. The molecule has 1 aromatic heterocycles. The van der Waals surface area contributed by atoms with Gasteiger partial charge in [-0.2, -0.15) is 0 Å². The Balaban J connectivity index is 0.00000300. The van der Waals surface area contributed by atoms with E-state index >= 15 is 0 Å². The first kappa shape index (κ1) is 23.4. The summed E-state index contributed by atoms with van der Waals surface area (Å²) in [6, 6.07) is 11.2. The van der Waals surface area contributed by atoms with Gasteiger partial charge in [0.15, 0.2) is 16.6 Å². The van der Waals surface area contributed by atoms with Crippen LogP contribution in [0.15, 0.2) is 40.9 Å². The van der Waals surface area contributed by atoms with Gasteiger partial charge < -0.3 is 14.4 Å². The van der Waals surface area contributed by atoms with Gasteiger partial charge in [0.2, 0.25) is 0 Å². The Labute approximate surface area is 189 Å². The predicted octanol–water partition coefficient (Wildman–Crippen LogP) is 4.71. The number of aromatic nitrogens is 1. The Hall–Kier alpha value is -1.87. The highest BCUT2D eigenvalue weighted by atomic mass is 79.9. The third-order valence-electron chi connectivity index (χ3n) is 4.23. The fourth-order valence-corrected chi connectivity index (χ4v) is 4.18. The van der Waals surface area contributed by atoms with Crippen molar-refractivity contribution in [1.82, 2.24) is 9.88 Å². The molecule has 29 heavy (non-hydrogen) atoms. The Morgan fingerprint density at radius 2 is 1.76 bits per heavy atom. The fourth-order valence-electron chi connectivity index (χ4n) is 2.72. The average Bonchev–Trinajstić information content (AvgIpc) is 3.09. The SMILES string of the molecule is COc1cc2nc(N(CCN(C)C)C(=O)c3ccccc3Br)sc2cc1OC.Cl. The summed E-state index contributed by atoms with van der Waals surface area (Å²) in [5.41, 5.74) is 1.38. The molecule has 1 amide bonds. The molecular weight excluding hydrogens is 478 g/mol. The van der Waals surface area contributed by atoms with Gasteiger partial charge >= 0.3 is 0 Å². The monoisotopic (exact) mass is 499 g/mol. The van der Waals surface area contributed by atoms with Gasteiger partial charge in [-0.25, -0.2) is 4.98 Å². The van der Waals surface area contributed by atoms with E-state index < -0.39 is 0 Å². The number of carbonyl (C=O) groups is 1. The van der Waals surface area contributed by atoms with Crippen molar-refractivity contribution in [2.45, 2.75) is 0 Å². The fraction of sp³-hybridized carbons (Fsp3) is 0.300. The van der Waals surface area contributed by atoms with Gasteiger partial charge in [-0.15, -0.1) is 12.4 Å². The molecule has 3 rings (SSSR count). The number of fused-ring (bicyclic) bond motifs is 1. The number of nitrogens with zero attached hydrogens (tertiary/aromatic N) is 3. The number of amides is 1. The summed E-state index contributed by atoms with van der Waals surface area (Å²) in [5, 5.41) is 0.646. The number of anilines is 1. The molecule has 2 aromatic carbocycles. The van der Waals surface area contributed by atoms with Crippen molar-refractivity contribution in [2.24, 2.45) is 0 Å². The van der Waals surface area contributed by atoms with Crippen LogP contribution in [0.25, 0.3) is 10.2 Å². The minimum Gasteiger partial charge on any atom is -0.493 e. The van der Waals surface area contributed by atoms with E-state index in [1.807, 2.05) is 55.4 Å². The van der Waals surface area contributed by atoms with E-state index in [0.717, 1.165) is 21.2 Å². The molecule has 0 bridgehead atoms. The Morgan fingerprint density at radius 3 is 2.38 bits per heavy atom. The molecule has 0 saturated carbocycles. The zero-order valence-electron chi connectivity index (χ0n) is 16.6. The number of rotatable bonds is 7. The minimum absolute atomic E-state index is 0. The highest BCUT2D eigenvalue weighted by Crippen LogP contribution is 2.37. The standard InChI is InChI=1S/C20H22BrN3O3S.ClH/c1-23(2)9-10-24(19(25)13-7-5-6-8-14(13)21)20-22-15-11-16(26-3)17(27-4)12-18(15)28-20;/h5-8,11-12H,9-10H2,1-4H3;1H. The molecule has 0 spiro atoms. The van der Waals surface area contributed by atoms with Crippen LogP contribution in [0.4, 0.5) is 5.13 Å². The second-order valence-electron chi connectivity index (χ2n) is 6.41. The van der Waals surface area contributed by atoms with Gasteiger partial charge in [-0.1, -0.05) is 23.5 Å². The van der Waals surface area contributed by atoms with Crippen LogP contribution < -0.4 is 14.4 Å². The van der Waals surface area contributed by atoms with Crippen molar-refractivity contribution in [3.8, 4) is 11.5 Å². The van der Waals surface area contributed by atoms with E-state index in [1.54, 1.807) is 19.1 Å². The Bertz CT molecular complexity index is 955. The first-order chi connectivity index (χ1) is 13.4. The summed E-state index contributed by atoms with van der Waals surface area (Å²) in [7, 11) is 7.16. The molecule has 6 nitrogen and oxygen atoms in total. The van der Waals surface area contributed by atoms with Crippen LogP contribution in [0.3, 0.4) is 0 Å². The van der Waals surface area contributed by atoms with E-state index in [1.165, 1.54) is 11.3 Å². The molecule has 0 saturated heterocycles. The summed E-state index contributed by atoms with van der Waals surface area (Å²) < 4.78 is 12.5. The molecule has 1 heterocycles. The maximum Gasteiger partial charge on any atom is 0.261 e. The Kier molecular flexibility index (Phi) is 8.27. The van der Waals surface area contributed by atoms with E-state index in [9.17, 15) is 4.79 Å². The summed E-state index contributed by atoms with van der Waals surface area (Å²) in [4.78, 5) is 21.8. The van der Waals surface area contributed by atoms with Crippen molar-refractivity contribution < 1.29 is 14.3 Å². The molecule has 0 radical (unpaired) electrons. The van der Waals surface area contributed by atoms with E-state index in [2.05, 4.69) is 15.9 Å². The largest absolute Gasteiger partial charge is 0.493 e. The van der Waals surface area contributed by atoms with Crippen LogP contribution in [-0.4, -0.2) is 57.2 Å². The number of carbonyl (C=O) groups excluding carboxylic acids is 1. The molecule has 0 unspecified atom stereocenters. The van der Waals surface area contributed by atoms with Gasteiger partial charge in [0.1, 0.15) is 0 Å². The molecular formula is C20H23BrClN3O3S. The molecule has 0 aliphatic heterocycles. The lowest BCUT2D eigenvalue weighted by Gasteiger charge is -2.22. The first-order valence-corrected chi connectivity index (χ1v) is 10.3. The normalized spacial score (nSPS) is 10.7. The first-order valence-electron chi connectivity index (χ1n) is 8.68. The van der Waals surface area contributed by atoms with Crippen LogP contribution in [0.5, 0.6) is 11.5 Å². The molecule has 0 fully saturated rings. The third-order valence-corrected chi connectivity index (χ3v) is 5.97. The highest BCUT2D eigenvalue weighted by molar-refractivity contribution is 9.10. The molecule has 156 valence electrons. The van der Waals surface area contributed by atoms with E-state index in [0.29, 0.717) is 28.7 Å². The topological polar surface area (TPSA) is 54.9 Å². The zero-order chi connectivity index (χ0) is 20.3. The van der Waals surface area contributed by atoms with Crippen molar-refractivity contribution in [3.63, 3.8) is 0 Å². The number of halogens is 2. The van der Waals surface area contributed by atoms with Crippen LogP contribution in [-0.2, 0) is 0 Å². The number of hydrogen-bond donors (Lipinski definition) is 0. The van der Waals surface area contributed by atoms with Gasteiger partial charge in [0.05, 0.1) is 30.0 Å². The zero-order valence-corrected chi connectivity index (χ0v) is 19.9.